The maximum absolute atomic E-state index is 14.2. The standard InChI is InChI=1S/C26H26F4N4O3S/c1-33(24(35)17-6-10-38(36,37)11-7-17)22(26(28,29)30)16-4-2-15(3-5-16)18-13-25(8-9-25)23-19(18)14-31-21-12-20(27)32-34(21)23/h2-5,12,14,17-18,22H,6-11,13H2,1H3/t18-,22+/m1/s1. The highest BCUT2D eigenvalue weighted by Crippen LogP contribution is 2.61. The lowest BCUT2D eigenvalue weighted by Gasteiger charge is -2.34. The van der Waals surface area contributed by atoms with Crippen molar-refractivity contribution < 1.29 is 30.8 Å². The van der Waals surface area contributed by atoms with Crippen LogP contribution in [0.5, 0.6) is 0 Å². The molecular weight excluding hydrogens is 524 g/mol. The van der Waals surface area contributed by atoms with Gasteiger partial charge in [0.2, 0.25) is 11.9 Å². The van der Waals surface area contributed by atoms with Crippen molar-refractivity contribution in [3.63, 3.8) is 0 Å². The molecule has 202 valence electrons. The summed E-state index contributed by atoms with van der Waals surface area (Å²) < 4.78 is 81.5. The first-order valence-corrected chi connectivity index (χ1v) is 14.4. The Balaban J connectivity index is 1.28. The summed E-state index contributed by atoms with van der Waals surface area (Å²) in [7, 11) is -2.12. The van der Waals surface area contributed by atoms with E-state index in [2.05, 4.69) is 10.1 Å². The maximum Gasteiger partial charge on any atom is 0.413 e. The number of nitrogens with zero attached hydrogens (tertiary/aromatic N) is 4. The number of alkyl halides is 3. The van der Waals surface area contributed by atoms with Gasteiger partial charge in [0.25, 0.3) is 0 Å². The first kappa shape index (κ1) is 25.3. The second-order valence-electron chi connectivity index (χ2n) is 10.8. The van der Waals surface area contributed by atoms with Crippen LogP contribution in [0.1, 0.15) is 66.4 Å². The number of carbonyl (C=O) groups is 1. The largest absolute Gasteiger partial charge is 0.413 e. The summed E-state index contributed by atoms with van der Waals surface area (Å²) in [5.41, 5.74) is 2.88. The van der Waals surface area contributed by atoms with E-state index in [1.54, 1.807) is 22.8 Å². The number of fused-ring (bicyclic) bond motifs is 4. The minimum absolute atomic E-state index is 0.0271. The molecule has 1 saturated carbocycles. The molecule has 1 saturated heterocycles. The Morgan fingerprint density at radius 1 is 1.16 bits per heavy atom. The van der Waals surface area contributed by atoms with Gasteiger partial charge in [0.15, 0.2) is 11.7 Å². The molecule has 0 N–H and O–H groups in total. The average Bonchev–Trinajstić information content (AvgIpc) is 3.40. The van der Waals surface area contributed by atoms with E-state index in [-0.39, 0.29) is 41.2 Å². The highest BCUT2D eigenvalue weighted by atomic mass is 32.2. The van der Waals surface area contributed by atoms with Gasteiger partial charge in [0, 0.05) is 42.1 Å². The van der Waals surface area contributed by atoms with Crippen molar-refractivity contribution in [3.8, 4) is 0 Å². The van der Waals surface area contributed by atoms with E-state index in [4.69, 9.17) is 0 Å². The monoisotopic (exact) mass is 550 g/mol. The van der Waals surface area contributed by atoms with Crippen LogP contribution >= 0.6 is 0 Å². The number of sulfone groups is 1. The molecule has 0 bridgehead atoms. The van der Waals surface area contributed by atoms with Crippen molar-refractivity contribution in [1.29, 1.82) is 0 Å². The molecule has 6 rings (SSSR count). The third kappa shape index (κ3) is 4.17. The number of benzene rings is 1. The second-order valence-corrected chi connectivity index (χ2v) is 13.1. The molecule has 3 aromatic rings. The normalized spacial score (nSPS) is 22.9. The average molecular weight is 551 g/mol. The van der Waals surface area contributed by atoms with Crippen LogP contribution in [0.15, 0.2) is 36.5 Å². The van der Waals surface area contributed by atoms with Crippen LogP contribution in [0.25, 0.3) is 5.65 Å². The number of carbonyl (C=O) groups excluding carboxylic acids is 1. The minimum atomic E-state index is -4.72. The van der Waals surface area contributed by atoms with Crippen LogP contribution in [0.4, 0.5) is 17.6 Å². The van der Waals surface area contributed by atoms with Gasteiger partial charge in [-0.3, -0.25) is 4.79 Å². The predicted molar refractivity (Wildman–Crippen MR) is 130 cm³/mol. The first-order valence-electron chi connectivity index (χ1n) is 12.6. The van der Waals surface area contributed by atoms with Crippen LogP contribution in [0, 0.1) is 11.9 Å². The molecule has 0 radical (unpaired) electrons. The van der Waals surface area contributed by atoms with Gasteiger partial charge in [0.05, 0.1) is 17.2 Å². The van der Waals surface area contributed by atoms with Crippen LogP contribution in [-0.4, -0.2) is 58.6 Å². The summed E-state index contributed by atoms with van der Waals surface area (Å²) in [6.45, 7) is 0. The minimum Gasteiger partial charge on any atom is -0.330 e. The molecule has 2 aromatic heterocycles. The third-order valence-electron chi connectivity index (χ3n) is 8.41. The summed E-state index contributed by atoms with van der Waals surface area (Å²) in [5, 5.41) is 3.99. The van der Waals surface area contributed by atoms with Gasteiger partial charge in [-0.15, -0.1) is 5.10 Å². The summed E-state index contributed by atoms with van der Waals surface area (Å²) >= 11 is 0. The number of halogens is 4. The summed E-state index contributed by atoms with van der Waals surface area (Å²) in [4.78, 5) is 18.0. The quantitative estimate of drug-likeness (QED) is 0.452. The van der Waals surface area contributed by atoms with Crippen LogP contribution in [0.3, 0.4) is 0 Å². The van der Waals surface area contributed by atoms with E-state index in [1.165, 1.54) is 18.2 Å². The second kappa shape index (κ2) is 8.49. The zero-order valence-electron chi connectivity index (χ0n) is 20.6. The summed E-state index contributed by atoms with van der Waals surface area (Å²) in [5.74, 6) is -2.57. The van der Waals surface area contributed by atoms with Crippen LogP contribution in [-0.2, 0) is 20.0 Å². The number of hydrogen-bond acceptors (Lipinski definition) is 5. The molecular formula is C26H26F4N4O3S. The molecule has 1 spiro atoms. The molecule has 0 unspecified atom stereocenters. The molecule has 7 nitrogen and oxygen atoms in total. The number of aromatic nitrogens is 3. The Labute approximate surface area is 216 Å². The maximum atomic E-state index is 14.2. The van der Waals surface area contributed by atoms with E-state index in [0.717, 1.165) is 43.1 Å². The Morgan fingerprint density at radius 3 is 2.42 bits per heavy atom. The van der Waals surface area contributed by atoms with Crippen molar-refractivity contribution in [2.24, 2.45) is 5.92 Å². The fraction of sp³-hybridized carbons (Fsp3) is 0.500. The molecule has 3 heterocycles. The summed E-state index contributed by atoms with van der Waals surface area (Å²) in [6.07, 6.45) is -0.340. The van der Waals surface area contributed by atoms with E-state index in [1.807, 2.05) is 0 Å². The predicted octanol–water partition coefficient (Wildman–Crippen LogP) is 4.32. The Morgan fingerprint density at radius 2 is 1.82 bits per heavy atom. The van der Waals surface area contributed by atoms with Gasteiger partial charge in [-0.05, 0) is 43.2 Å². The Hall–Kier alpha value is -3.02. The fourth-order valence-electron chi connectivity index (χ4n) is 6.29. The van der Waals surface area contributed by atoms with Crippen molar-refractivity contribution in [1.82, 2.24) is 19.5 Å². The lowest BCUT2D eigenvalue weighted by Crippen LogP contribution is -2.44. The van der Waals surface area contributed by atoms with Crippen molar-refractivity contribution in [2.45, 2.75) is 55.7 Å². The van der Waals surface area contributed by atoms with Crippen LogP contribution < -0.4 is 0 Å². The van der Waals surface area contributed by atoms with Gasteiger partial charge in [-0.1, -0.05) is 24.3 Å². The zero-order valence-corrected chi connectivity index (χ0v) is 21.4. The van der Waals surface area contributed by atoms with Crippen molar-refractivity contribution >= 4 is 21.4 Å². The molecule has 38 heavy (non-hydrogen) atoms. The van der Waals surface area contributed by atoms with Gasteiger partial charge in [0.1, 0.15) is 9.84 Å². The molecule has 3 aliphatic rings. The number of amides is 1. The Kier molecular flexibility index (Phi) is 5.65. The molecule has 1 aromatic carbocycles. The molecule has 12 heteroatoms. The van der Waals surface area contributed by atoms with Crippen molar-refractivity contribution in [3.05, 3.63) is 64.9 Å². The molecule has 2 aliphatic carbocycles. The highest BCUT2D eigenvalue weighted by molar-refractivity contribution is 7.91. The van der Waals surface area contributed by atoms with Gasteiger partial charge in [-0.2, -0.15) is 17.6 Å². The smallest absolute Gasteiger partial charge is 0.330 e. The topological polar surface area (TPSA) is 84.6 Å². The molecule has 2 fully saturated rings. The van der Waals surface area contributed by atoms with Gasteiger partial charge in [-0.25, -0.2) is 17.9 Å². The summed E-state index contributed by atoms with van der Waals surface area (Å²) in [6, 6.07) is 5.24. The van der Waals surface area contributed by atoms with E-state index < -0.39 is 39.8 Å². The Bertz CT molecular complexity index is 1520. The van der Waals surface area contributed by atoms with Crippen molar-refractivity contribution in [2.75, 3.05) is 18.6 Å². The van der Waals surface area contributed by atoms with E-state index in [0.29, 0.717) is 10.5 Å². The number of hydrogen-bond donors (Lipinski definition) is 0. The fourth-order valence-corrected chi connectivity index (χ4v) is 7.78. The van der Waals surface area contributed by atoms with E-state index in [9.17, 15) is 30.8 Å². The van der Waals surface area contributed by atoms with Crippen LogP contribution in [0.2, 0.25) is 0 Å². The number of rotatable bonds is 4. The molecule has 1 amide bonds. The lowest BCUT2D eigenvalue weighted by atomic mass is 9.90. The molecule has 1 aliphatic heterocycles. The first-order chi connectivity index (χ1) is 17.9. The lowest BCUT2D eigenvalue weighted by molar-refractivity contribution is -0.190. The third-order valence-corrected chi connectivity index (χ3v) is 10.1. The molecule has 2 atom stereocenters. The van der Waals surface area contributed by atoms with E-state index >= 15 is 0 Å². The van der Waals surface area contributed by atoms with Gasteiger partial charge < -0.3 is 4.90 Å². The van der Waals surface area contributed by atoms with Gasteiger partial charge >= 0.3 is 6.18 Å². The highest BCUT2D eigenvalue weighted by Gasteiger charge is 2.55. The zero-order chi connectivity index (χ0) is 27.0. The SMILES string of the molecule is CN(C(=O)C1CCS(=O)(=O)CC1)[C@@H](c1ccc([C@H]2CC3(CC3)c3c2cnc2cc(F)nn32)cc1)C(F)(F)F.